The van der Waals surface area contributed by atoms with Crippen LogP contribution in [0.25, 0.3) is 0 Å². The van der Waals surface area contributed by atoms with Crippen LogP contribution in [0.5, 0.6) is 0 Å². The van der Waals surface area contributed by atoms with E-state index in [2.05, 4.69) is 19.9 Å². The first-order valence-corrected chi connectivity index (χ1v) is 4.99. The summed E-state index contributed by atoms with van der Waals surface area (Å²) in [5.74, 6) is 0.141. The minimum Gasteiger partial charge on any atom is -0.309 e. The number of amides is 1. The molecule has 74 valence electrons. The second-order valence-electron chi connectivity index (χ2n) is 4.01. The van der Waals surface area contributed by atoms with Crippen molar-refractivity contribution in [2.75, 3.05) is 4.90 Å². The van der Waals surface area contributed by atoms with E-state index in [1.165, 1.54) is 11.1 Å². The van der Waals surface area contributed by atoms with E-state index in [9.17, 15) is 4.79 Å². The molecule has 1 unspecified atom stereocenters. The Labute approximate surface area is 84.5 Å². The highest BCUT2D eigenvalue weighted by molar-refractivity contribution is 5.94. The van der Waals surface area contributed by atoms with Crippen LogP contribution in [0.1, 0.15) is 25.0 Å². The molecule has 0 spiro atoms. The maximum absolute atomic E-state index is 11.5. The molecule has 1 aromatic rings. The summed E-state index contributed by atoms with van der Waals surface area (Å²) < 4.78 is 0. The van der Waals surface area contributed by atoms with Crippen molar-refractivity contribution in [2.24, 2.45) is 0 Å². The second kappa shape index (κ2) is 3.12. The Hall–Kier alpha value is -1.31. The molecule has 0 aliphatic carbocycles. The number of fused-ring (bicyclic) bond motifs is 1. The molecule has 1 heterocycles. The Morgan fingerprint density at radius 3 is 2.86 bits per heavy atom. The van der Waals surface area contributed by atoms with Gasteiger partial charge in [0.05, 0.1) is 0 Å². The maximum Gasteiger partial charge on any atom is 0.224 e. The maximum atomic E-state index is 11.5. The van der Waals surface area contributed by atoms with Gasteiger partial charge in [0, 0.05) is 18.7 Å². The Morgan fingerprint density at radius 1 is 1.50 bits per heavy atom. The average molecular weight is 189 g/mol. The summed E-state index contributed by atoms with van der Waals surface area (Å²) in [6.45, 7) is 5.84. The normalized spacial score (nSPS) is 19.6. The molecule has 0 fully saturated rings. The number of aryl methyl sites for hydroxylation is 1. The number of nitrogens with zero attached hydrogens (tertiary/aromatic N) is 1. The predicted molar refractivity (Wildman–Crippen MR) is 57.5 cm³/mol. The third-order valence-corrected chi connectivity index (χ3v) is 2.92. The SMILES string of the molecule is CC(=O)N1c2cccc(C)c2CC1C. The van der Waals surface area contributed by atoms with E-state index in [-0.39, 0.29) is 5.91 Å². The van der Waals surface area contributed by atoms with Crippen molar-refractivity contribution < 1.29 is 4.79 Å². The third kappa shape index (κ3) is 1.22. The molecule has 0 radical (unpaired) electrons. The molecule has 0 N–H and O–H groups in total. The van der Waals surface area contributed by atoms with Gasteiger partial charge in [0.1, 0.15) is 0 Å². The minimum atomic E-state index is 0.141. The smallest absolute Gasteiger partial charge is 0.224 e. The van der Waals surface area contributed by atoms with Crippen molar-refractivity contribution in [1.29, 1.82) is 0 Å². The van der Waals surface area contributed by atoms with Crippen LogP contribution in [-0.4, -0.2) is 11.9 Å². The Balaban J connectivity index is 2.53. The number of hydrogen-bond donors (Lipinski definition) is 0. The lowest BCUT2D eigenvalue weighted by atomic mass is 10.1. The summed E-state index contributed by atoms with van der Waals surface area (Å²) in [5, 5.41) is 0. The van der Waals surface area contributed by atoms with E-state index in [1.807, 2.05) is 17.0 Å². The summed E-state index contributed by atoms with van der Waals surface area (Å²) >= 11 is 0. The molecule has 0 saturated carbocycles. The quantitative estimate of drug-likeness (QED) is 0.613. The van der Waals surface area contributed by atoms with Gasteiger partial charge in [-0.15, -0.1) is 0 Å². The molecule has 0 aromatic heterocycles. The fourth-order valence-corrected chi connectivity index (χ4v) is 2.28. The zero-order valence-electron chi connectivity index (χ0n) is 8.87. The third-order valence-electron chi connectivity index (χ3n) is 2.92. The highest BCUT2D eigenvalue weighted by Gasteiger charge is 2.29. The minimum absolute atomic E-state index is 0.141. The Bertz CT molecular complexity index is 384. The molecule has 1 amide bonds. The predicted octanol–water partition coefficient (Wildman–Crippen LogP) is 2.29. The van der Waals surface area contributed by atoms with E-state index in [1.54, 1.807) is 6.92 Å². The standard InChI is InChI=1S/C12H15NO/c1-8-5-4-6-12-11(8)7-9(2)13(12)10(3)14/h4-6,9H,7H2,1-3H3. The van der Waals surface area contributed by atoms with Crippen LogP contribution in [0, 0.1) is 6.92 Å². The number of carbonyl (C=O) groups excluding carboxylic acids is 1. The molecule has 1 aliphatic heterocycles. The van der Waals surface area contributed by atoms with Gasteiger partial charge in [-0.2, -0.15) is 0 Å². The van der Waals surface area contributed by atoms with Crippen molar-refractivity contribution >= 4 is 11.6 Å². The number of benzene rings is 1. The van der Waals surface area contributed by atoms with Gasteiger partial charge in [-0.3, -0.25) is 4.79 Å². The lowest BCUT2D eigenvalue weighted by Gasteiger charge is -2.20. The molecule has 2 rings (SSSR count). The van der Waals surface area contributed by atoms with Crippen molar-refractivity contribution in [3.63, 3.8) is 0 Å². The monoisotopic (exact) mass is 189 g/mol. The average Bonchev–Trinajstić information content (AvgIpc) is 2.42. The highest BCUT2D eigenvalue weighted by atomic mass is 16.2. The summed E-state index contributed by atoms with van der Waals surface area (Å²) in [6.07, 6.45) is 0.988. The Morgan fingerprint density at radius 2 is 2.21 bits per heavy atom. The molecule has 2 heteroatoms. The number of carbonyl (C=O) groups is 1. The van der Waals surface area contributed by atoms with Gasteiger partial charge < -0.3 is 4.90 Å². The van der Waals surface area contributed by atoms with E-state index in [0.29, 0.717) is 6.04 Å². The van der Waals surface area contributed by atoms with Gasteiger partial charge in [0.15, 0.2) is 0 Å². The van der Waals surface area contributed by atoms with Crippen LogP contribution in [0.3, 0.4) is 0 Å². The van der Waals surface area contributed by atoms with Crippen LogP contribution in [0.2, 0.25) is 0 Å². The van der Waals surface area contributed by atoms with Crippen LogP contribution in [0.4, 0.5) is 5.69 Å². The van der Waals surface area contributed by atoms with Gasteiger partial charge in [-0.05, 0) is 37.5 Å². The van der Waals surface area contributed by atoms with E-state index in [0.717, 1.165) is 12.1 Å². The van der Waals surface area contributed by atoms with Gasteiger partial charge in [0.25, 0.3) is 0 Å². The lowest BCUT2D eigenvalue weighted by molar-refractivity contribution is -0.116. The fourth-order valence-electron chi connectivity index (χ4n) is 2.28. The molecule has 1 aliphatic rings. The van der Waals surface area contributed by atoms with Crippen molar-refractivity contribution in [3.8, 4) is 0 Å². The Kier molecular flexibility index (Phi) is 2.06. The van der Waals surface area contributed by atoms with Gasteiger partial charge in [0.2, 0.25) is 5.91 Å². The van der Waals surface area contributed by atoms with E-state index in [4.69, 9.17) is 0 Å². The fraction of sp³-hybridized carbons (Fsp3) is 0.417. The molecule has 14 heavy (non-hydrogen) atoms. The van der Waals surface area contributed by atoms with Gasteiger partial charge in [-0.1, -0.05) is 12.1 Å². The summed E-state index contributed by atoms with van der Waals surface area (Å²) in [5.41, 5.74) is 3.72. The first-order chi connectivity index (χ1) is 6.61. The molecule has 1 aromatic carbocycles. The van der Waals surface area contributed by atoms with Gasteiger partial charge in [-0.25, -0.2) is 0 Å². The molecule has 1 atom stereocenters. The zero-order chi connectivity index (χ0) is 10.3. The summed E-state index contributed by atoms with van der Waals surface area (Å²) in [7, 11) is 0. The lowest BCUT2D eigenvalue weighted by Crippen LogP contribution is -2.33. The van der Waals surface area contributed by atoms with Crippen molar-refractivity contribution in [1.82, 2.24) is 0 Å². The topological polar surface area (TPSA) is 20.3 Å². The molecule has 0 saturated heterocycles. The van der Waals surface area contributed by atoms with E-state index < -0.39 is 0 Å². The molecule has 0 bridgehead atoms. The summed E-state index contributed by atoms with van der Waals surface area (Å²) in [6, 6.07) is 6.47. The van der Waals surface area contributed by atoms with Crippen molar-refractivity contribution in [2.45, 2.75) is 33.2 Å². The van der Waals surface area contributed by atoms with E-state index >= 15 is 0 Å². The second-order valence-corrected chi connectivity index (χ2v) is 4.01. The summed E-state index contributed by atoms with van der Waals surface area (Å²) in [4.78, 5) is 13.3. The molecule has 2 nitrogen and oxygen atoms in total. The zero-order valence-corrected chi connectivity index (χ0v) is 8.87. The first-order valence-electron chi connectivity index (χ1n) is 4.99. The van der Waals surface area contributed by atoms with Gasteiger partial charge >= 0.3 is 0 Å². The highest BCUT2D eigenvalue weighted by Crippen LogP contribution is 2.33. The first kappa shape index (κ1) is 9.25. The van der Waals surface area contributed by atoms with Crippen LogP contribution < -0.4 is 4.90 Å². The van der Waals surface area contributed by atoms with Crippen LogP contribution in [0.15, 0.2) is 18.2 Å². The van der Waals surface area contributed by atoms with Crippen molar-refractivity contribution in [3.05, 3.63) is 29.3 Å². The number of hydrogen-bond acceptors (Lipinski definition) is 1. The molecular weight excluding hydrogens is 174 g/mol. The van der Waals surface area contributed by atoms with Crippen LogP contribution in [-0.2, 0) is 11.2 Å². The number of rotatable bonds is 0. The largest absolute Gasteiger partial charge is 0.309 e. The van der Waals surface area contributed by atoms with Crippen LogP contribution >= 0.6 is 0 Å². The number of anilines is 1. The molecular formula is C12H15NO.